The molecule has 1 atom stereocenters. The maximum atomic E-state index is 4.98. The van der Waals surface area contributed by atoms with Crippen LogP contribution in [0.5, 0.6) is 0 Å². The van der Waals surface area contributed by atoms with Gasteiger partial charge in [-0.1, -0.05) is 32.9 Å². The second kappa shape index (κ2) is 3.74. The summed E-state index contributed by atoms with van der Waals surface area (Å²) in [5, 5.41) is 4.03. The zero-order chi connectivity index (χ0) is 9.14. The number of hydrogen-bond donors (Lipinski definition) is 0. The lowest BCUT2D eigenvalue weighted by molar-refractivity contribution is 0.405. The van der Waals surface area contributed by atoms with E-state index in [0.29, 0.717) is 11.8 Å². The Kier molecular flexibility index (Phi) is 2.90. The standard InChI is InChI=1S/C10H17NO/c1-5-8(4)10-9(7(2)3)6-12-11-10/h6-8H,5H2,1-4H3. The third-order valence-corrected chi connectivity index (χ3v) is 2.33. The lowest BCUT2D eigenvalue weighted by Crippen LogP contribution is -1.98. The number of nitrogens with zero attached hydrogens (tertiary/aromatic N) is 1. The SMILES string of the molecule is CCC(C)c1nocc1C(C)C. The van der Waals surface area contributed by atoms with Crippen LogP contribution in [0.3, 0.4) is 0 Å². The van der Waals surface area contributed by atoms with Crippen LogP contribution in [0.1, 0.15) is 57.2 Å². The smallest absolute Gasteiger partial charge is 0.127 e. The minimum Gasteiger partial charge on any atom is -0.364 e. The van der Waals surface area contributed by atoms with E-state index in [-0.39, 0.29) is 0 Å². The van der Waals surface area contributed by atoms with Gasteiger partial charge in [0.25, 0.3) is 0 Å². The second-order valence-corrected chi connectivity index (χ2v) is 3.62. The first-order valence-electron chi connectivity index (χ1n) is 4.61. The molecule has 0 bridgehead atoms. The first kappa shape index (κ1) is 9.30. The Balaban J connectivity index is 2.91. The summed E-state index contributed by atoms with van der Waals surface area (Å²) in [7, 11) is 0. The predicted octanol–water partition coefficient (Wildman–Crippen LogP) is 3.31. The molecule has 2 nitrogen and oxygen atoms in total. The third-order valence-electron chi connectivity index (χ3n) is 2.33. The minimum absolute atomic E-state index is 0.514. The van der Waals surface area contributed by atoms with Gasteiger partial charge in [0.1, 0.15) is 6.26 Å². The van der Waals surface area contributed by atoms with Crippen LogP contribution in [-0.2, 0) is 0 Å². The number of hydrogen-bond acceptors (Lipinski definition) is 2. The summed E-state index contributed by atoms with van der Waals surface area (Å²) in [5.41, 5.74) is 2.39. The van der Waals surface area contributed by atoms with E-state index < -0.39 is 0 Å². The molecule has 0 amide bonds. The van der Waals surface area contributed by atoms with Crippen LogP contribution in [0.2, 0.25) is 0 Å². The van der Waals surface area contributed by atoms with Crippen LogP contribution in [0.15, 0.2) is 10.8 Å². The Morgan fingerprint density at radius 1 is 1.42 bits per heavy atom. The first-order chi connectivity index (χ1) is 5.66. The topological polar surface area (TPSA) is 26.0 Å². The average Bonchev–Trinajstić information content (AvgIpc) is 2.50. The lowest BCUT2D eigenvalue weighted by Gasteiger charge is -2.08. The second-order valence-electron chi connectivity index (χ2n) is 3.62. The Bertz CT molecular complexity index is 240. The van der Waals surface area contributed by atoms with Gasteiger partial charge in [-0.15, -0.1) is 0 Å². The molecule has 0 aliphatic carbocycles. The third kappa shape index (κ3) is 1.68. The summed E-state index contributed by atoms with van der Waals surface area (Å²) in [4.78, 5) is 0. The summed E-state index contributed by atoms with van der Waals surface area (Å²) < 4.78 is 4.98. The van der Waals surface area contributed by atoms with Gasteiger partial charge in [0.05, 0.1) is 5.69 Å². The van der Waals surface area contributed by atoms with Crippen LogP contribution in [0.25, 0.3) is 0 Å². The van der Waals surface area contributed by atoms with Gasteiger partial charge in [0.2, 0.25) is 0 Å². The summed E-state index contributed by atoms with van der Waals surface area (Å²) in [6.07, 6.45) is 2.89. The van der Waals surface area contributed by atoms with Crippen molar-refractivity contribution >= 4 is 0 Å². The molecule has 1 rings (SSSR count). The first-order valence-corrected chi connectivity index (χ1v) is 4.61. The van der Waals surface area contributed by atoms with Gasteiger partial charge in [0, 0.05) is 11.5 Å². The molecular formula is C10H17NO. The van der Waals surface area contributed by atoms with Crippen molar-refractivity contribution in [2.24, 2.45) is 0 Å². The van der Waals surface area contributed by atoms with Gasteiger partial charge in [-0.25, -0.2) is 0 Å². The van der Waals surface area contributed by atoms with E-state index in [0.717, 1.165) is 12.1 Å². The molecule has 1 heterocycles. The highest BCUT2D eigenvalue weighted by molar-refractivity contribution is 5.21. The van der Waals surface area contributed by atoms with Crippen molar-refractivity contribution in [3.8, 4) is 0 Å². The highest BCUT2D eigenvalue weighted by Gasteiger charge is 2.15. The van der Waals surface area contributed by atoms with Crippen LogP contribution in [-0.4, -0.2) is 5.16 Å². The summed E-state index contributed by atoms with van der Waals surface area (Å²) >= 11 is 0. The molecule has 0 N–H and O–H groups in total. The number of aromatic nitrogens is 1. The normalized spacial score (nSPS) is 13.8. The molecule has 0 saturated heterocycles. The molecular weight excluding hydrogens is 150 g/mol. The molecule has 0 aromatic carbocycles. The van der Waals surface area contributed by atoms with Gasteiger partial charge < -0.3 is 4.52 Å². The largest absolute Gasteiger partial charge is 0.364 e. The Morgan fingerprint density at radius 2 is 2.08 bits per heavy atom. The zero-order valence-corrected chi connectivity index (χ0v) is 8.29. The van der Waals surface area contributed by atoms with E-state index in [1.807, 2.05) is 0 Å². The minimum atomic E-state index is 0.514. The molecule has 0 fully saturated rings. The van der Waals surface area contributed by atoms with Crippen LogP contribution < -0.4 is 0 Å². The van der Waals surface area contributed by atoms with Crippen LogP contribution in [0.4, 0.5) is 0 Å². The lowest BCUT2D eigenvalue weighted by atomic mass is 9.95. The molecule has 1 aromatic heterocycles. The molecule has 2 heteroatoms. The number of rotatable bonds is 3. The van der Waals surface area contributed by atoms with Gasteiger partial charge in [-0.05, 0) is 12.3 Å². The average molecular weight is 167 g/mol. The van der Waals surface area contributed by atoms with Gasteiger partial charge in [0.15, 0.2) is 0 Å². The molecule has 0 spiro atoms. The Hall–Kier alpha value is -0.790. The van der Waals surface area contributed by atoms with E-state index in [2.05, 4.69) is 32.9 Å². The fourth-order valence-electron chi connectivity index (χ4n) is 1.25. The fourth-order valence-corrected chi connectivity index (χ4v) is 1.25. The van der Waals surface area contributed by atoms with Crippen LogP contribution in [0, 0.1) is 0 Å². The quantitative estimate of drug-likeness (QED) is 0.690. The molecule has 12 heavy (non-hydrogen) atoms. The zero-order valence-electron chi connectivity index (χ0n) is 8.29. The summed E-state index contributed by atoms with van der Waals surface area (Å²) in [6.45, 7) is 8.68. The van der Waals surface area contributed by atoms with Crippen molar-refractivity contribution in [3.05, 3.63) is 17.5 Å². The highest BCUT2D eigenvalue weighted by Crippen LogP contribution is 2.26. The van der Waals surface area contributed by atoms with E-state index in [1.165, 1.54) is 5.56 Å². The van der Waals surface area contributed by atoms with Crippen molar-refractivity contribution in [2.45, 2.75) is 46.0 Å². The maximum absolute atomic E-state index is 4.98. The van der Waals surface area contributed by atoms with Gasteiger partial charge >= 0.3 is 0 Å². The van der Waals surface area contributed by atoms with Crippen molar-refractivity contribution in [2.75, 3.05) is 0 Å². The molecule has 1 unspecified atom stereocenters. The highest BCUT2D eigenvalue weighted by atomic mass is 16.5. The van der Waals surface area contributed by atoms with E-state index in [1.54, 1.807) is 6.26 Å². The monoisotopic (exact) mass is 167 g/mol. The molecule has 0 radical (unpaired) electrons. The fraction of sp³-hybridized carbons (Fsp3) is 0.700. The predicted molar refractivity (Wildman–Crippen MR) is 49.3 cm³/mol. The van der Waals surface area contributed by atoms with Crippen LogP contribution >= 0.6 is 0 Å². The Morgan fingerprint density at radius 3 is 2.58 bits per heavy atom. The molecule has 1 aromatic rings. The Labute approximate surface area is 74.0 Å². The molecule has 68 valence electrons. The van der Waals surface area contributed by atoms with Gasteiger partial charge in [-0.2, -0.15) is 0 Å². The van der Waals surface area contributed by atoms with E-state index in [4.69, 9.17) is 4.52 Å². The maximum Gasteiger partial charge on any atom is 0.127 e. The van der Waals surface area contributed by atoms with E-state index in [9.17, 15) is 0 Å². The van der Waals surface area contributed by atoms with Crippen molar-refractivity contribution in [1.82, 2.24) is 5.16 Å². The van der Waals surface area contributed by atoms with Crippen molar-refractivity contribution in [3.63, 3.8) is 0 Å². The molecule has 0 aliphatic heterocycles. The van der Waals surface area contributed by atoms with Gasteiger partial charge in [-0.3, -0.25) is 0 Å². The summed E-state index contributed by atoms with van der Waals surface area (Å²) in [6, 6.07) is 0. The van der Waals surface area contributed by atoms with Crippen molar-refractivity contribution in [1.29, 1.82) is 0 Å². The van der Waals surface area contributed by atoms with Crippen molar-refractivity contribution < 1.29 is 4.52 Å². The summed E-state index contributed by atoms with van der Waals surface area (Å²) in [5.74, 6) is 1.03. The molecule has 0 aliphatic rings. The molecule has 0 saturated carbocycles. The van der Waals surface area contributed by atoms with E-state index >= 15 is 0 Å².